The van der Waals surface area contributed by atoms with Crippen LogP contribution in [0, 0.1) is 11.8 Å². The van der Waals surface area contributed by atoms with E-state index in [9.17, 15) is 8.42 Å². The van der Waals surface area contributed by atoms with Crippen molar-refractivity contribution in [2.75, 3.05) is 20.2 Å². The molecule has 112 valence electrons. The van der Waals surface area contributed by atoms with Gasteiger partial charge in [0.1, 0.15) is 10.6 Å². The van der Waals surface area contributed by atoms with Crippen LogP contribution in [0.5, 0.6) is 5.75 Å². The van der Waals surface area contributed by atoms with Crippen LogP contribution in [-0.2, 0) is 10.0 Å². The van der Waals surface area contributed by atoms with Crippen molar-refractivity contribution >= 4 is 21.6 Å². The second kappa shape index (κ2) is 5.92. The molecule has 2 atom stereocenters. The average Bonchev–Trinajstić information content (AvgIpc) is 2.37. The summed E-state index contributed by atoms with van der Waals surface area (Å²) in [5, 5.41) is 0.391. The van der Waals surface area contributed by atoms with E-state index in [0.717, 1.165) is 6.42 Å². The van der Waals surface area contributed by atoms with Gasteiger partial charge in [-0.3, -0.25) is 0 Å². The molecule has 2 rings (SSSR count). The summed E-state index contributed by atoms with van der Waals surface area (Å²) in [6.45, 7) is 5.24. The van der Waals surface area contributed by atoms with Crippen molar-refractivity contribution < 1.29 is 13.2 Å². The zero-order valence-electron chi connectivity index (χ0n) is 12.0. The lowest BCUT2D eigenvalue weighted by Gasteiger charge is -2.34. The molecule has 1 fully saturated rings. The van der Waals surface area contributed by atoms with Gasteiger partial charge in [-0.15, -0.1) is 0 Å². The van der Waals surface area contributed by atoms with Crippen LogP contribution in [-0.4, -0.2) is 32.9 Å². The summed E-state index contributed by atoms with van der Waals surface area (Å²) in [5.74, 6) is 1.05. The van der Waals surface area contributed by atoms with E-state index in [-0.39, 0.29) is 4.90 Å². The number of piperidine rings is 1. The van der Waals surface area contributed by atoms with Crippen molar-refractivity contribution in [1.29, 1.82) is 0 Å². The zero-order chi connectivity index (χ0) is 14.9. The van der Waals surface area contributed by atoms with E-state index in [2.05, 4.69) is 13.8 Å². The molecule has 0 amide bonds. The summed E-state index contributed by atoms with van der Waals surface area (Å²) in [6.07, 6.45) is 1.05. The van der Waals surface area contributed by atoms with Crippen LogP contribution < -0.4 is 4.74 Å². The van der Waals surface area contributed by atoms with Crippen LogP contribution >= 0.6 is 11.6 Å². The highest BCUT2D eigenvalue weighted by molar-refractivity contribution is 7.89. The molecule has 0 aliphatic carbocycles. The van der Waals surface area contributed by atoms with Crippen molar-refractivity contribution in [1.82, 2.24) is 4.31 Å². The molecule has 6 heteroatoms. The third kappa shape index (κ3) is 3.10. The van der Waals surface area contributed by atoms with Crippen LogP contribution in [0.3, 0.4) is 0 Å². The maximum Gasteiger partial charge on any atom is 0.246 e. The molecule has 1 aliphatic heterocycles. The lowest BCUT2D eigenvalue weighted by Crippen LogP contribution is -2.42. The van der Waals surface area contributed by atoms with Gasteiger partial charge in [0.15, 0.2) is 0 Å². The molecule has 0 radical (unpaired) electrons. The summed E-state index contributed by atoms with van der Waals surface area (Å²) < 4.78 is 32.3. The number of benzene rings is 1. The van der Waals surface area contributed by atoms with Gasteiger partial charge >= 0.3 is 0 Å². The Morgan fingerprint density at radius 1 is 1.25 bits per heavy atom. The molecule has 1 aliphatic rings. The van der Waals surface area contributed by atoms with Crippen molar-refractivity contribution in [2.45, 2.75) is 25.2 Å². The van der Waals surface area contributed by atoms with Crippen LogP contribution in [0.15, 0.2) is 23.1 Å². The Morgan fingerprint density at radius 3 is 2.40 bits per heavy atom. The van der Waals surface area contributed by atoms with Gasteiger partial charge in [-0.25, -0.2) is 8.42 Å². The van der Waals surface area contributed by atoms with Crippen molar-refractivity contribution in [3.05, 3.63) is 23.2 Å². The fourth-order valence-corrected chi connectivity index (χ4v) is 4.89. The smallest absolute Gasteiger partial charge is 0.246 e. The van der Waals surface area contributed by atoms with Gasteiger partial charge in [0.05, 0.1) is 7.11 Å². The molecule has 0 unspecified atom stereocenters. The molecule has 0 aromatic heterocycles. The molecule has 1 aromatic rings. The normalized spacial score (nSPS) is 24.6. The first kappa shape index (κ1) is 15.6. The number of ether oxygens (including phenoxy) is 1. The van der Waals surface area contributed by atoms with Gasteiger partial charge in [-0.05, 0) is 36.5 Å². The number of hydrogen-bond acceptors (Lipinski definition) is 3. The van der Waals surface area contributed by atoms with Crippen molar-refractivity contribution in [3.8, 4) is 5.75 Å². The van der Waals surface area contributed by atoms with Crippen LogP contribution in [0.4, 0.5) is 0 Å². The molecule has 1 heterocycles. The fraction of sp³-hybridized carbons (Fsp3) is 0.571. The standard InChI is InChI=1S/C14H20ClNO3S/c1-10-6-11(2)9-16(8-10)20(17,18)14-7-12(15)4-5-13(14)19-3/h4-5,7,10-11H,6,8-9H2,1-3H3/t10-,11+. The topological polar surface area (TPSA) is 46.6 Å². The second-order valence-electron chi connectivity index (χ2n) is 5.56. The van der Waals surface area contributed by atoms with Crippen LogP contribution in [0.2, 0.25) is 5.02 Å². The van der Waals surface area contributed by atoms with E-state index >= 15 is 0 Å². The number of methoxy groups -OCH3 is 1. The van der Waals surface area contributed by atoms with E-state index in [4.69, 9.17) is 16.3 Å². The summed E-state index contributed by atoms with van der Waals surface area (Å²) in [7, 11) is -2.11. The largest absolute Gasteiger partial charge is 0.495 e. The third-order valence-electron chi connectivity index (χ3n) is 3.58. The summed E-state index contributed by atoms with van der Waals surface area (Å²) in [4.78, 5) is 0.147. The molecule has 1 saturated heterocycles. The minimum Gasteiger partial charge on any atom is -0.495 e. The van der Waals surface area contributed by atoms with E-state index < -0.39 is 10.0 Å². The zero-order valence-corrected chi connectivity index (χ0v) is 13.5. The molecule has 0 saturated carbocycles. The lowest BCUT2D eigenvalue weighted by molar-refractivity contribution is 0.222. The molecular formula is C14H20ClNO3S. The highest BCUT2D eigenvalue weighted by Crippen LogP contribution is 2.32. The quantitative estimate of drug-likeness (QED) is 0.861. The average molecular weight is 318 g/mol. The fourth-order valence-electron chi connectivity index (χ4n) is 2.79. The first-order valence-corrected chi connectivity index (χ1v) is 8.50. The highest BCUT2D eigenvalue weighted by atomic mass is 35.5. The van der Waals surface area contributed by atoms with Crippen LogP contribution in [0.1, 0.15) is 20.3 Å². The Hall–Kier alpha value is -0.780. The monoisotopic (exact) mass is 317 g/mol. The SMILES string of the molecule is COc1ccc(Cl)cc1S(=O)(=O)N1C[C@H](C)C[C@H](C)C1. The number of hydrogen-bond donors (Lipinski definition) is 0. The van der Waals surface area contributed by atoms with Gasteiger partial charge in [-0.1, -0.05) is 25.4 Å². The molecule has 1 aromatic carbocycles. The van der Waals surface area contributed by atoms with E-state index in [1.54, 1.807) is 16.4 Å². The Balaban J connectivity index is 2.42. The predicted octanol–water partition coefficient (Wildman–Crippen LogP) is 3.02. The Labute approximate surface area is 125 Å². The first-order chi connectivity index (χ1) is 9.34. The summed E-state index contributed by atoms with van der Waals surface area (Å²) in [6, 6.07) is 4.67. The number of halogens is 1. The maximum absolute atomic E-state index is 12.8. The van der Waals surface area contributed by atoms with Gasteiger partial charge in [0.2, 0.25) is 10.0 Å². The lowest BCUT2D eigenvalue weighted by atomic mass is 9.94. The van der Waals surface area contributed by atoms with Gasteiger partial charge in [0.25, 0.3) is 0 Å². The molecule has 4 nitrogen and oxygen atoms in total. The molecule has 0 N–H and O–H groups in total. The summed E-state index contributed by atoms with van der Waals surface area (Å²) in [5.41, 5.74) is 0. The van der Waals surface area contributed by atoms with Crippen molar-refractivity contribution in [2.24, 2.45) is 11.8 Å². The number of sulfonamides is 1. The molecule has 0 spiro atoms. The summed E-state index contributed by atoms with van der Waals surface area (Å²) >= 11 is 5.94. The van der Waals surface area contributed by atoms with E-state index in [1.165, 1.54) is 13.2 Å². The third-order valence-corrected chi connectivity index (χ3v) is 5.67. The predicted molar refractivity (Wildman–Crippen MR) is 79.7 cm³/mol. The van der Waals surface area contributed by atoms with Gasteiger partial charge < -0.3 is 4.74 Å². The van der Waals surface area contributed by atoms with Crippen LogP contribution in [0.25, 0.3) is 0 Å². The number of rotatable bonds is 3. The van der Waals surface area contributed by atoms with Crippen molar-refractivity contribution in [3.63, 3.8) is 0 Å². The second-order valence-corrected chi connectivity index (χ2v) is 7.91. The minimum atomic E-state index is -3.57. The molecule has 0 bridgehead atoms. The number of nitrogens with zero attached hydrogens (tertiary/aromatic N) is 1. The minimum absolute atomic E-state index is 0.147. The van der Waals surface area contributed by atoms with E-state index in [1.807, 2.05) is 0 Å². The molecule has 20 heavy (non-hydrogen) atoms. The highest BCUT2D eigenvalue weighted by Gasteiger charge is 2.33. The first-order valence-electron chi connectivity index (χ1n) is 6.68. The Kier molecular flexibility index (Phi) is 4.62. The molecular weight excluding hydrogens is 298 g/mol. The van der Waals surface area contributed by atoms with Gasteiger partial charge in [0, 0.05) is 18.1 Å². The maximum atomic E-state index is 12.8. The van der Waals surface area contributed by atoms with E-state index in [0.29, 0.717) is 35.7 Å². The van der Waals surface area contributed by atoms with Gasteiger partial charge in [-0.2, -0.15) is 4.31 Å². The Bertz CT molecular complexity index is 578. The Morgan fingerprint density at radius 2 is 1.85 bits per heavy atom.